The Morgan fingerprint density at radius 1 is 1.55 bits per heavy atom. The fraction of sp³-hybridized carbons (Fsp3) is 1.00. The number of rotatable bonds is 6. The number of methoxy groups -OCH3 is 1. The SMILES string of the molecule is COCCCN(C)CC(C)Cl. The van der Waals surface area contributed by atoms with E-state index in [2.05, 4.69) is 11.9 Å². The van der Waals surface area contributed by atoms with Gasteiger partial charge in [0, 0.05) is 32.2 Å². The highest BCUT2D eigenvalue weighted by atomic mass is 35.5. The molecular formula is C8H18ClNO. The molecule has 0 rings (SSSR count). The van der Waals surface area contributed by atoms with Gasteiger partial charge in [0.25, 0.3) is 0 Å². The van der Waals surface area contributed by atoms with Crippen LogP contribution in [0.15, 0.2) is 0 Å². The summed E-state index contributed by atoms with van der Waals surface area (Å²) < 4.78 is 4.94. The van der Waals surface area contributed by atoms with Gasteiger partial charge in [0.05, 0.1) is 0 Å². The van der Waals surface area contributed by atoms with Gasteiger partial charge >= 0.3 is 0 Å². The van der Waals surface area contributed by atoms with Gasteiger partial charge in [-0.25, -0.2) is 0 Å². The zero-order chi connectivity index (χ0) is 8.69. The molecule has 0 spiro atoms. The third kappa shape index (κ3) is 8.11. The van der Waals surface area contributed by atoms with Crippen molar-refractivity contribution >= 4 is 11.6 Å². The largest absolute Gasteiger partial charge is 0.385 e. The van der Waals surface area contributed by atoms with Crippen LogP contribution in [0.25, 0.3) is 0 Å². The molecule has 0 heterocycles. The Bertz CT molecular complexity index is 88.2. The average Bonchev–Trinajstić information content (AvgIpc) is 1.86. The number of ether oxygens (including phenoxy) is 1. The minimum absolute atomic E-state index is 0.238. The first-order valence-electron chi connectivity index (χ1n) is 3.98. The molecule has 68 valence electrons. The van der Waals surface area contributed by atoms with Crippen LogP contribution in [0.3, 0.4) is 0 Å². The lowest BCUT2D eigenvalue weighted by Gasteiger charge is -2.17. The summed E-state index contributed by atoms with van der Waals surface area (Å²) in [6.45, 7) is 4.85. The summed E-state index contributed by atoms with van der Waals surface area (Å²) in [4.78, 5) is 2.22. The lowest BCUT2D eigenvalue weighted by Crippen LogP contribution is -2.26. The van der Waals surface area contributed by atoms with Gasteiger partial charge in [-0.15, -0.1) is 11.6 Å². The van der Waals surface area contributed by atoms with Crippen LogP contribution >= 0.6 is 11.6 Å². The first-order chi connectivity index (χ1) is 5.16. The quantitative estimate of drug-likeness (QED) is 0.454. The summed E-state index contributed by atoms with van der Waals surface area (Å²) in [5.41, 5.74) is 0. The minimum atomic E-state index is 0.238. The Labute approximate surface area is 74.5 Å². The van der Waals surface area contributed by atoms with Crippen LogP contribution in [-0.4, -0.2) is 44.1 Å². The molecule has 0 aromatic carbocycles. The Morgan fingerprint density at radius 2 is 2.18 bits per heavy atom. The highest BCUT2D eigenvalue weighted by Crippen LogP contribution is 1.97. The van der Waals surface area contributed by atoms with Crippen LogP contribution in [0.4, 0.5) is 0 Å². The molecule has 0 aromatic heterocycles. The standard InChI is InChI=1S/C8H18ClNO/c1-8(9)7-10(2)5-4-6-11-3/h8H,4-7H2,1-3H3. The summed E-state index contributed by atoms with van der Waals surface area (Å²) in [7, 11) is 3.80. The van der Waals surface area contributed by atoms with E-state index in [0.717, 1.165) is 26.1 Å². The summed E-state index contributed by atoms with van der Waals surface area (Å²) in [6.07, 6.45) is 1.08. The average molecular weight is 180 g/mol. The highest BCUT2D eigenvalue weighted by Gasteiger charge is 2.01. The van der Waals surface area contributed by atoms with Crippen molar-refractivity contribution in [2.24, 2.45) is 0 Å². The molecule has 1 unspecified atom stereocenters. The lowest BCUT2D eigenvalue weighted by molar-refractivity contribution is 0.179. The van der Waals surface area contributed by atoms with Crippen LogP contribution in [-0.2, 0) is 4.74 Å². The zero-order valence-electron chi connectivity index (χ0n) is 7.64. The van der Waals surface area contributed by atoms with Gasteiger partial charge in [-0.05, 0) is 20.4 Å². The van der Waals surface area contributed by atoms with Crippen molar-refractivity contribution in [3.63, 3.8) is 0 Å². The third-order valence-electron chi connectivity index (χ3n) is 1.45. The van der Waals surface area contributed by atoms with Gasteiger partial charge in [-0.2, -0.15) is 0 Å². The molecular weight excluding hydrogens is 162 g/mol. The van der Waals surface area contributed by atoms with Crippen LogP contribution < -0.4 is 0 Å². The van der Waals surface area contributed by atoms with E-state index in [1.165, 1.54) is 0 Å². The van der Waals surface area contributed by atoms with Gasteiger partial charge < -0.3 is 9.64 Å². The van der Waals surface area contributed by atoms with Crippen LogP contribution in [0.2, 0.25) is 0 Å². The molecule has 0 bridgehead atoms. The first kappa shape index (κ1) is 11.2. The second-order valence-corrected chi connectivity index (χ2v) is 3.63. The summed E-state index contributed by atoms with van der Waals surface area (Å²) in [6, 6.07) is 0. The topological polar surface area (TPSA) is 12.5 Å². The smallest absolute Gasteiger partial charge is 0.0474 e. The van der Waals surface area contributed by atoms with Crippen molar-refractivity contribution in [3.05, 3.63) is 0 Å². The molecule has 3 heteroatoms. The van der Waals surface area contributed by atoms with Gasteiger partial charge in [0.2, 0.25) is 0 Å². The summed E-state index contributed by atoms with van der Waals surface area (Å²) >= 11 is 5.81. The molecule has 0 aliphatic heterocycles. The van der Waals surface area contributed by atoms with E-state index < -0.39 is 0 Å². The first-order valence-corrected chi connectivity index (χ1v) is 4.42. The molecule has 0 aromatic rings. The monoisotopic (exact) mass is 179 g/mol. The summed E-state index contributed by atoms with van der Waals surface area (Å²) in [5.74, 6) is 0. The lowest BCUT2D eigenvalue weighted by atomic mass is 10.4. The van der Waals surface area contributed by atoms with Crippen LogP contribution in [0, 0.1) is 0 Å². The highest BCUT2D eigenvalue weighted by molar-refractivity contribution is 6.20. The van der Waals surface area contributed by atoms with Gasteiger partial charge in [-0.1, -0.05) is 0 Å². The Hall–Kier alpha value is 0.210. The number of alkyl halides is 1. The van der Waals surface area contributed by atoms with Crippen molar-refractivity contribution in [3.8, 4) is 0 Å². The number of hydrogen-bond acceptors (Lipinski definition) is 2. The van der Waals surface area contributed by atoms with E-state index in [4.69, 9.17) is 16.3 Å². The third-order valence-corrected chi connectivity index (χ3v) is 1.59. The molecule has 0 aliphatic rings. The fourth-order valence-corrected chi connectivity index (χ4v) is 1.24. The van der Waals surface area contributed by atoms with E-state index >= 15 is 0 Å². The molecule has 1 atom stereocenters. The van der Waals surface area contributed by atoms with Gasteiger partial charge in [0.15, 0.2) is 0 Å². The second-order valence-electron chi connectivity index (χ2n) is 2.89. The van der Waals surface area contributed by atoms with Crippen molar-refractivity contribution in [2.75, 3.05) is 33.9 Å². The molecule has 0 amide bonds. The van der Waals surface area contributed by atoms with E-state index in [-0.39, 0.29) is 5.38 Å². The fourth-order valence-electron chi connectivity index (χ4n) is 1.000. The maximum atomic E-state index is 5.81. The Balaban J connectivity index is 3.15. The van der Waals surface area contributed by atoms with E-state index in [1.807, 2.05) is 6.92 Å². The normalized spacial score (nSPS) is 13.9. The zero-order valence-corrected chi connectivity index (χ0v) is 8.40. The van der Waals surface area contributed by atoms with Crippen LogP contribution in [0.1, 0.15) is 13.3 Å². The van der Waals surface area contributed by atoms with E-state index in [0.29, 0.717) is 0 Å². The van der Waals surface area contributed by atoms with Crippen molar-refractivity contribution in [1.82, 2.24) is 4.90 Å². The summed E-state index contributed by atoms with van der Waals surface area (Å²) in [5, 5.41) is 0.238. The van der Waals surface area contributed by atoms with Crippen molar-refractivity contribution < 1.29 is 4.74 Å². The second kappa shape index (κ2) is 6.89. The maximum absolute atomic E-state index is 5.81. The molecule has 0 radical (unpaired) electrons. The predicted molar refractivity (Wildman–Crippen MR) is 49.3 cm³/mol. The molecule has 0 saturated carbocycles. The Morgan fingerprint density at radius 3 is 2.64 bits per heavy atom. The molecule has 0 saturated heterocycles. The predicted octanol–water partition coefficient (Wildman–Crippen LogP) is 1.58. The molecule has 0 aliphatic carbocycles. The van der Waals surface area contributed by atoms with Crippen LogP contribution in [0.5, 0.6) is 0 Å². The number of hydrogen-bond donors (Lipinski definition) is 0. The Kier molecular flexibility index (Phi) is 7.02. The van der Waals surface area contributed by atoms with Gasteiger partial charge in [-0.3, -0.25) is 0 Å². The molecule has 0 fully saturated rings. The number of halogens is 1. The molecule has 2 nitrogen and oxygen atoms in total. The van der Waals surface area contributed by atoms with E-state index in [9.17, 15) is 0 Å². The number of nitrogens with zero attached hydrogens (tertiary/aromatic N) is 1. The van der Waals surface area contributed by atoms with Crippen molar-refractivity contribution in [2.45, 2.75) is 18.7 Å². The minimum Gasteiger partial charge on any atom is -0.385 e. The van der Waals surface area contributed by atoms with Gasteiger partial charge in [0.1, 0.15) is 0 Å². The maximum Gasteiger partial charge on any atom is 0.0474 e. The van der Waals surface area contributed by atoms with E-state index in [1.54, 1.807) is 7.11 Å². The van der Waals surface area contributed by atoms with Crippen molar-refractivity contribution in [1.29, 1.82) is 0 Å². The molecule has 11 heavy (non-hydrogen) atoms. The molecule has 0 N–H and O–H groups in total.